The van der Waals surface area contributed by atoms with Crippen LogP contribution in [0.4, 0.5) is 5.95 Å². The molecule has 2 aliphatic heterocycles. The summed E-state index contributed by atoms with van der Waals surface area (Å²) in [6.07, 6.45) is 2.05. The third-order valence-corrected chi connectivity index (χ3v) is 7.51. The van der Waals surface area contributed by atoms with E-state index in [1.165, 1.54) is 0 Å². The number of piperidine rings is 1. The number of alkyl halides is 1. The fourth-order valence-electron chi connectivity index (χ4n) is 5.43. The smallest absolute Gasteiger partial charge is 0.257 e. The lowest BCUT2D eigenvalue weighted by Crippen LogP contribution is -2.55. The molecule has 10 nitrogen and oxygen atoms in total. The summed E-state index contributed by atoms with van der Waals surface area (Å²) in [4.78, 5) is 39.7. The molecule has 2 aromatic heterocycles. The number of benzene rings is 1. The Balaban J connectivity index is 1.73. The second-order valence-electron chi connectivity index (χ2n) is 10.2. The van der Waals surface area contributed by atoms with Crippen LogP contribution in [0.5, 0.6) is 5.88 Å². The number of anilines is 1. The predicted octanol–water partition coefficient (Wildman–Crippen LogP) is 3.51. The van der Waals surface area contributed by atoms with E-state index in [-0.39, 0.29) is 23.2 Å². The standard InChI is InChI=1S/C28H30ClN7O3/c1-15(2)35-21(20-14-32-28(34(3)4)33-26(20)39-5)11-19-24(35)23(17-8-6-16(12-30)7-9-17)36(27(19)38)22-10-18(29)13-31-25(22)37/h6-9,11,14-15,18,22-23H,10,13H2,1-5H3,(H,31,37). The maximum absolute atomic E-state index is 14.1. The number of carbonyl (C=O) groups excluding carboxylic acids is 2. The third-order valence-electron chi connectivity index (χ3n) is 7.18. The van der Waals surface area contributed by atoms with Gasteiger partial charge in [-0.3, -0.25) is 9.59 Å². The van der Waals surface area contributed by atoms with E-state index in [9.17, 15) is 14.9 Å². The molecule has 202 valence electrons. The number of nitrogens with one attached hydrogen (secondary N) is 1. The molecule has 1 aromatic carbocycles. The fraction of sp³-hybridized carbons (Fsp3) is 0.393. The first-order chi connectivity index (χ1) is 18.7. The number of halogens is 1. The van der Waals surface area contributed by atoms with Gasteiger partial charge < -0.3 is 24.4 Å². The number of amides is 2. The van der Waals surface area contributed by atoms with Gasteiger partial charge in [-0.15, -0.1) is 11.6 Å². The van der Waals surface area contributed by atoms with E-state index in [2.05, 4.69) is 25.9 Å². The fourth-order valence-corrected chi connectivity index (χ4v) is 5.67. The number of hydrogen-bond donors (Lipinski definition) is 1. The van der Waals surface area contributed by atoms with Crippen LogP contribution in [0, 0.1) is 11.3 Å². The molecule has 39 heavy (non-hydrogen) atoms. The summed E-state index contributed by atoms with van der Waals surface area (Å²) in [6, 6.07) is 9.74. The van der Waals surface area contributed by atoms with Crippen LogP contribution < -0.4 is 15.0 Å². The zero-order valence-corrected chi connectivity index (χ0v) is 23.2. The summed E-state index contributed by atoms with van der Waals surface area (Å²) in [6.45, 7) is 4.44. The first kappa shape index (κ1) is 26.5. The average molecular weight is 548 g/mol. The lowest BCUT2D eigenvalue weighted by atomic mass is 9.98. The predicted molar refractivity (Wildman–Crippen MR) is 147 cm³/mol. The first-order valence-electron chi connectivity index (χ1n) is 12.7. The van der Waals surface area contributed by atoms with Crippen molar-refractivity contribution < 1.29 is 14.3 Å². The van der Waals surface area contributed by atoms with E-state index in [0.717, 1.165) is 17.0 Å². The number of hydrogen-bond acceptors (Lipinski definition) is 7. The molecule has 3 unspecified atom stereocenters. The van der Waals surface area contributed by atoms with Gasteiger partial charge in [0.15, 0.2) is 0 Å². The molecule has 0 bridgehead atoms. The van der Waals surface area contributed by atoms with Gasteiger partial charge in [-0.05, 0) is 44.0 Å². The highest BCUT2D eigenvalue weighted by Gasteiger charge is 2.48. The highest BCUT2D eigenvalue weighted by atomic mass is 35.5. The van der Waals surface area contributed by atoms with Gasteiger partial charge in [-0.1, -0.05) is 12.1 Å². The van der Waals surface area contributed by atoms with Crippen molar-refractivity contribution in [1.29, 1.82) is 5.26 Å². The number of nitriles is 1. The summed E-state index contributed by atoms with van der Waals surface area (Å²) in [5.41, 5.74) is 3.96. The van der Waals surface area contributed by atoms with Crippen LogP contribution in [-0.2, 0) is 4.79 Å². The van der Waals surface area contributed by atoms with E-state index < -0.39 is 12.1 Å². The van der Waals surface area contributed by atoms with E-state index in [1.54, 1.807) is 35.2 Å². The summed E-state index contributed by atoms with van der Waals surface area (Å²) < 4.78 is 7.74. The number of ether oxygens (including phenoxy) is 1. The lowest BCUT2D eigenvalue weighted by molar-refractivity contribution is -0.127. The Hall–Kier alpha value is -4.10. The number of aromatic nitrogens is 3. The summed E-state index contributed by atoms with van der Waals surface area (Å²) >= 11 is 6.45. The molecular weight excluding hydrogens is 518 g/mol. The molecule has 0 spiro atoms. The van der Waals surface area contributed by atoms with Crippen molar-refractivity contribution in [2.75, 3.05) is 32.6 Å². The molecule has 0 radical (unpaired) electrons. The first-order valence-corrected chi connectivity index (χ1v) is 13.2. The van der Waals surface area contributed by atoms with E-state index >= 15 is 0 Å². The van der Waals surface area contributed by atoms with Gasteiger partial charge >= 0.3 is 0 Å². The van der Waals surface area contributed by atoms with Gasteiger partial charge in [0, 0.05) is 32.9 Å². The maximum Gasteiger partial charge on any atom is 0.257 e. The largest absolute Gasteiger partial charge is 0.480 e. The molecular formula is C28H30ClN7O3. The van der Waals surface area contributed by atoms with Crippen LogP contribution in [0.1, 0.15) is 59.5 Å². The van der Waals surface area contributed by atoms with Crippen molar-refractivity contribution in [3.05, 3.63) is 58.9 Å². The second-order valence-corrected chi connectivity index (χ2v) is 10.8. The molecule has 1 saturated heterocycles. The molecule has 1 N–H and O–H groups in total. The Bertz CT molecular complexity index is 1480. The molecule has 0 saturated carbocycles. The molecule has 4 heterocycles. The highest BCUT2D eigenvalue weighted by molar-refractivity contribution is 6.21. The van der Waals surface area contributed by atoms with Crippen molar-refractivity contribution >= 4 is 29.4 Å². The molecule has 11 heteroatoms. The van der Waals surface area contributed by atoms with Gasteiger partial charge in [0.2, 0.25) is 17.7 Å². The zero-order valence-electron chi connectivity index (χ0n) is 22.5. The minimum absolute atomic E-state index is 0.0587. The van der Waals surface area contributed by atoms with Crippen LogP contribution in [-0.4, -0.2) is 70.4 Å². The lowest BCUT2D eigenvalue weighted by Gasteiger charge is -2.37. The Kier molecular flexibility index (Phi) is 6.95. The van der Waals surface area contributed by atoms with Crippen molar-refractivity contribution in [2.24, 2.45) is 0 Å². The third kappa shape index (κ3) is 4.46. The summed E-state index contributed by atoms with van der Waals surface area (Å²) in [5, 5.41) is 11.9. The van der Waals surface area contributed by atoms with Crippen LogP contribution in [0.15, 0.2) is 36.5 Å². The number of methoxy groups -OCH3 is 1. The molecule has 1 fully saturated rings. The number of fused-ring (bicyclic) bond motifs is 1. The van der Waals surface area contributed by atoms with Crippen LogP contribution in [0.2, 0.25) is 0 Å². The van der Waals surface area contributed by atoms with Crippen molar-refractivity contribution in [3.8, 4) is 23.2 Å². The van der Waals surface area contributed by atoms with Gasteiger partial charge in [0.25, 0.3) is 5.91 Å². The quantitative estimate of drug-likeness (QED) is 0.469. The van der Waals surface area contributed by atoms with Crippen LogP contribution in [0.3, 0.4) is 0 Å². The van der Waals surface area contributed by atoms with Crippen molar-refractivity contribution in [1.82, 2.24) is 24.8 Å². The Labute approximate surface area is 232 Å². The molecule has 3 atom stereocenters. The monoisotopic (exact) mass is 547 g/mol. The van der Waals surface area contributed by atoms with Gasteiger partial charge in [-0.25, -0.2) is 4.98 Å². The minimum atomic E-state index is -0.733. The van der Waals surface area contributed by atoms with E-state index in [0.29, 0.717) is 41.5 Å². The summed E-state index contributed by atoms with van der Waals surface area (Å²) in [7, 11) is 5.25. The number of carbonyl (C=O) groups is 2. The molecule has 2 amide bonds. The van der Waals surface area contributed by atoms with Crippen molar-refractivity contribution in [3.63, 3.8) is 0 Å². The van der Waals surface area contributed by atoms with Gasteiger partial charge in [-0.2, -0.15) is 10.2 Å². The number of rotatable bonds is 6. The van der Waals surface area contributed by atoms with Crippen LogP contribution in [0.25, 0.3) is 11.3 Å². The molecule has 5 rings (SSSR count). The minimum Gasteiger partial charge on any atom is -0.480 e. The summed E-state index contributed by atoms with van der Waals surface area (Å²) in [5.74, 6) is 0.413. The Morgan fingerprint density at radius 3 is 2.54 bits per heavy atom. The normalized spacial score (nSPS) is 20.6. The van der Waals surface area contributed by atoms with Crippen LogP contribution >= 0.6 is 11.6 Å². The van der Waals surface area contributed by atoms with Crippen molar-refractivity contribution in [2.45, 2.75) is 43.8 Å². The number of nitrogens with zero attached hydrogens (tertiary/aromatic N) is 6. The second kappa shape index (κ2) is 10.2. The Morgan fingerprint density at radius 2 is 1.92 bits per heavy atom. The highest BCUT2D eigenvalue weighted by Crippen LogP contribution is 2.46. The topological polar surface area (TPSA) is 116 Å². The van der Waals surface area contributed by atoms with Gasteiger partial charge in [0.1, 0.15) is 6.04 Å². The maximum atomic E-state index is 14.1. The van der Waals surface area contributed by atoms with Gasteiger partial charge in [0.05, 0.1) is 52.7 Å². The Morgan fingerprint density at radius 1 is 1.21 bits per heavy atom. The molecule has 3 aromatic rings. The SMILES string of the molecule is COc1nc(N(C)C)ncc1-c1cc2c(n1C(C)C)C(c1ccc(C#N)cc1)N(C1CC(Cl)CNC1=O)C2=O. The average Bonchev–Trinajstić information content (AvgIpc) is 3.44. The van der Waals surface area contributed by atoms with E-state index in [4.69, 9.17) is 16.3 Å². The zero-order chi connectivity index (χ0) is 28.0. The molecule has 2 aliphatic rings. The molecule has 0 aliphatic carbocycles. The van der Waals surface area contributed by atoms with E-state index in [1.807, 2.05) is 46.1 Å².